The van der Waals surface area contributed by atoms with E-state index in [0.717, 1.165) is 10.5 Å². The van der Waals surface area contributed by atoms with Crippen LogP contribution in [0.15, 0.2) is 84.9 Å². The molecule has 0 bridgehead atoms. The fourth-order valence-electron chi connectivity index (χ4n) is 5.73. The summed E-state index contributed by atoms with van der Waals surface area (Å²) in [6.07, 6.45) is 2.37. The molecule has 0 aromatic heterocycles. The van der Waals surface area contributed by atoms with Gasteiger partial charge in [-0.3, -0.25) is 19.2 Å². The summed E-state index contributed by atoms with van der Waals surface area (Å²) < 4.78 is 11.2. The summed E-state index contributed by atoms with van der Waals surface area (Å²) in [7, 11) is 0. The van der Waals surface area contributed by atoms with Gasteiger partial charge in [-0.1, -0.05) is 66.7 Å². The molecule has 0 unspecified atom stereocenters. The number of esters is 1. The van der Waals surface area contributed by atoms with Crippen LogP contribution in [0.4, 0.5) is 5.69 Å². The SMILES string of the molecule is CCOC(=O)c1ccc(N2C(=O)[C@@H]3[C@@H](/C=C/c4ccccc4)OC4(C(=O)c5ccccc5C4=O)[C@H]3C2=O)cc1. The van der Waals surface area contributed by atoms with Crippen LogP contribution in [0.25, 0.3) is 6.08 Å². The first kappa shape index (κ1) is 24.6. The van der Waals surface area contributed by atoms with Gasteiger partial charge in [0.25, 0.3) is 0 Å². The Balaban J connectivity index is 1.42. The molecule has 3 aromatic carbocycles. The summed E-state index contributed by atoms with van der Waals surface area (Å²) in [6.45, 7) is 1.90. The number of hydrogen-bond acceptors (Lipinski definition) is 7. The Morgan fingerprint density at radius 3 is 2.10 bits per heavy atom. The van der Waals surface area contributed by atoms with Gasteiger partial charge < -0.3 is 9.47 Å². The number of carbonyl (C=O) groups is 5. The molecule has 3 aromatic rings. The zero-order chi connectivity index (χ0) is 27.3. The predicted molar refractivity (Wildman–Crippen MR) is 140 cm³/mol. The van der Waals surface area contributed by atoms with Crippen molar-refractivity contribution in [3.05, 3.63) is 107 Å². The quantitative estimate of drug-likeness (QED) is 0.285. The van der Waals surface area contributed by atoms with Gasteiger partial charge >= 0.3 is 5.97 Å². The van der Waals surface area contributed by atoms with Gasteiger partial charge in [-0.25, -0.2) is 9.69 Å². The van der Waals surface area contributed by atoms with Crippen LogP contribution in [0, 0.1) is 11.8 Å². The second-order valence-electron chi connectivity index (χ2n) is 9.57. The topological polar surface area (TPSA) is 107 Å². The minimum atomic E-state index is -2.13. The number of fused-ring (bicyclic) bond motifs is 3. The van der Waals surface area contributed by atoms with Gasteiger partial charge in [0.1, 0.15) is 0 Å². The zero-order valence-corrected chi connectivity index (χ0v) is 20.9. The third-order valence-corrected chi connectivity index (χ3v) is 7.47. The van der Waals surface area contributed by atoms with Crippen LogP contribution >= 0.6 is 0 Å². The highest BCUT2D eigenvalue weighted by molar-refractivity contribution is 6.37. The number of Topliss-reactive ketones (excluding diaryl/α,β-unsaturated/α-hetero) is 2. The summed E-state index contributed by atoms with van der Waals surface area (Å²) in [5.74, 6) is -5.47. The number of anilines is 1. The van der Waals surface area contributed by atoms with Gasteiger partial charge in [-0.2, -0.15) is 0 Å². The standard InChI is InChI=1S/C31H23NO7/c1-2-38-30(37)19-13-15-20(16-14-19)32-28(35)24-23(17-12-18-8-4-3-5-9-18)39-31(25(24)29(32)36)26(33)21-10-6-7-11-22(21)27(31)34/h3-17,23-25H,2H2,1H3/b17-12+/t23-,24-,25-/m1/s1. The molecule has 2 heterocycles. The van der Waals surface area contributed by atoms with Crippen molar-refractivity contribution >= 4 is 41.1 Å². The molecule has 0 radical (unpaired) electrons. The molecule has 6 rings (SSSR count). The van der Waals surface area contributed by atoms with Crippen molar-refractivity contribution in [1.29, 1.82) is 0 Å². The number of amides is 2. The first-order chi connectivity index (χ1) is 18.9. The Labute approximate surface area is 223 Å². The molecule has 1 spiro atoms. The average molecular weight is 522 g/mol. The first-order valence-electron chi connectivity index (χ1n) is 12.6. The van der Waals surface area contributed by atoms with E-state index < -0.39 is 52.9 Å². The molecule has 3 aliphatic rings. The summed E-state index contributed by atoms with van der Waals surface area (Å²) in [6, 6.07) is 21.5. The van der Waals surface area contributed by atoms with Crippen molar-refractivity contribution in [2.45, 2.75) is 18.6 Å². The van der Waals surface area contributed by atoms with E-state index in [1.807, 2.05) is 30.3 Å². The molecule has 1 aliphatic carbocycles. The number of carbonyl (C=O) groups excluding carboxylic acids is 5. The maximum absolute atomic E-state index is 13.9. The lowest BCUT2D eigenvalue weighted by Gasteiger charge is -2.26. The van der Waals surface area contributed by atoms with Crippen molar-refractivity contribution < 1.29 is 33.4 Å². The summed E-state index contributed by atoms with van der Waals surface area (Å²) in [5, 5.41) is 0. The molecule has 39 heavy (non-hydrogen) atoms. The second kappa shape index (κ2) is 9.25. The first-order valence-corrected chi connectivity index (χ1v) is 12.6. The molecule has 2 saturated heterocycles. The number of hydrogen-bond donors (Lipinski definition) is 0. The molecule has 0 N–H and O–H groups in total. The number of ether oxygens (including phenoxy) is 2. The fraction of sp³-hybridized carbons (Fsp3) is 0.194. The van der Waals surface area contributed by atoms with Crippen LogP contribution < -0.4 is 4.90 Å². The molecule has 8 nitrogen and oxygen atoms in total. The van der Waals surface area contributed by atoms with Gasteiger partial charge in [0.05, 0.1) is 35.8 Å². The van der Waals surface area contributed by atoms with Crippen LogP contribution in [0.5, 0.6) is 0 Å². The smallest absolute Gasteiger partial charge is 0.338 e. The monoisotopic (exact) mass is 521 g/mol. The molecule has 2 fully saturated rings. The predicted octanol–water partition coefficient (Wildman–Crippen LogP) is 3.90. The Morgan fingerprint density at radius 2 is 1.49 bits per heavy atom. The van der Waals surface area contributed by atoms with E-state index >= 15 is 0 Å². The van der Waals surface area contributed by atoms with Crippen LogP contribution in [-0.2, 0) is 19.1 Å². The Kier molecular flexibility index (Phi) is 5.84. The van der Waals surface area contributed by atoms with Gasteiger partial charge in [0.15, 0.2) is 0 Å². The minimum absolute atomic E-state index is 0.173. The lowest BCUT2D eigenvalue weighted by molar-refractivity contribution is -0.126. The van der Waals surface area contributed by atoms with Crippen LogP contribution in [0.3, 0.4) is 0 Å². The highest BCUT2D eigenvalue weighted by Crippen LogP contribution is 2.53. The second-order valence-corrected chi connectivity index (χ2v) is 9.57. The van der Waals surface area contributed by atoms with Crippen molar-refractivity contribution in [2.24, 2.45) is 11.8 Å². The van der Waals surface area contributed by atoms with Gasteiger partial charge in [0.2, 0.25) is 29.0 Å². The Morgan fingerprint density at radius 1 is 0.872 bits per heavy atom. The largest absolute Gasteiger partial charge is 0.462 e. The Bertz CT molecular complexity index is 1520. The summed E-state index contributed by atoms with van der Waals surface area (Å²) in [4.78, 5) is 68.4. The van der Waals surface area contributed by atoms with E-state index in [1.54, 1.807) is 31.2 Å². The Hall–Kier alpha value is -4.69. The van der Waals surface area contributed by atoms with E-state index in [9.17, 15) is 24.0 Å². The lowest BCUT2D eigenvalue weighted by Crippen LogP contribution is -2.51. The molecule has 194 valence electrons. The van der Waals surface area contributed by atoms with Crippen molar-refractivity contribution in [1.82, 2.24) is 0 Å². The summed E-state index contributed by atoms with van der Waals surface area (Å²) >= 11 is 0. The van der Waals surface area contributed by atoms with E-state index in [4.69, 9.17) is 9.47 Å². The lowest BCUT2D eigenvalue weighted by atomic mass is 9.78. The molecule has 2 aliphatic heterocycles. The van der Waals surface area contributed by atoms with Crippen molar-refractivity contribution in [2.75, 3.05) is 11.5 Å². The molecular weight excluding hydrogens is 498 g/mol. The fourth-order valence-corrected chi connectivity index (χ4v) is 5.73. The van der Waals surface area contributed by atoms with E-state index in [1.165, 1.54) is 36.4 Å². The zero-order valence-electron chi connectivity index (χ0n) is 20.9. The van der Waals surface area contributed by atoms with Gasteiger partial charge in [-0.15, -0.1) is 0 Å². The van der Waals surface area contributed by atoms with Crippen LogP contribution in [0.2, 0.25) is 0 Å². The summed E-state index contributed by atoms with van der Waals surface area (Å²) in [5.41, 5.74) is -0.470. The highest BCUT2D eigenvalue weighted by Gasteiger charge is 2.74. The molecular formula is C31H23NO7. The normalized spacial score (nSPS) is 23.1. The molecule has 2 amide bonds. The number of imide groups is 1. The number of ketones is 2. The van der Waals surface area contributed by atoms with Crippen LogP contribution in [-0.4, -0.2) is 47.7 Å². The van der Waals surface area contributed by atoms with Crippen LogP contribution in [0.1, 0.15) is 43.6 Å². The third kappa shape index (κ3) is 3.59. The maximum atomic E-state index is 13.9. The molecule has 3 atom stereocenters. The number of nitrogens with zero attached hydrogens (tertiary/aromatic N) is 1. The number of rotatable bonds is 5. The van der Waals surface area contributed by atoms with Gasteiger partial charge in [-0.05, 0) is 36.8 Å². The van der Waals surface area contributed by atoms with E-state index in [0.29, 0.717) is 0 Å². The van der Waals surface area contributed by atoms with Crippen molar-refractivity contribution in [3.8, 4) is 0 Å². The molecule has 0 saturated carbocycles. The van der Waals surface area contributed by atoms with Crippen molar-refractivity contribution in [3.63, 3.8) is 0 Å². The maximum Gasteiger partial charge on any atom is 0.338 e. The third-order valence-electron chi connectivity index (χ3n) is 7.47. The van der Waals surface area contributed by atoms with Gasteiger partial charge in [0, 0.05) is 11.1 Å². The molecule has 8 heteroatoms. The average Bonchev–Trinajstić information content (AvgIpc) is 3.52. The number of benzene rings is 3. The van der Waals surface area contributed by atoms with E-state index in [-0.39, 0.29) is 29.0 Å². The highest BCUT2D eigenvalue weighted by atomic mass is 16.5. The minimum Gasteiger partial charge on any atom is -0.462 e. The van der Waals surface area contributed by atoms with E-state index in [2.05, 4.69) is 0 Å².